The summed E-state index contributed by atoms with van der Waals surface area (Å²) in [4.78, 5) is 0. The van der Waals surface area contributed by atoms with Crippen LogP contribution in [0.5, 0.6) is 0 Å². The first-order valence-electron chi connectivity index (χ1n) is 4.86. The Labute approximate surface area is 87.2 Å². The minimum Gasteiger partial charge on any atom is -0.375 e. The second-order valence-electron chi connectivity index (χ2n) is 3.88. The Hall–Kier alpha value is -1.00. The second kappa shape index (κ2) is 3.87. The lowest BCUT2D eigenvalue weighted by atomic mass is 9.88. The molecular weight excluding hydrogens is 200 g/mol. The Kier molecular flexibility index (Phi) is 2.71. The molecule has 2 nitrogen and oxygen atoms in total. The third-order valence-electron chi connectivity index (χ3n) is 2.87. The Balaban J connectivity index is 2.20. The van der Waals surface area contributed by atoms with E-state index in [2.05, 4.69) is 5.32 Å². The molecule has 0 amide bonds. The molecule has 1 saturated heterocycles. The van der Waals surface area contributed by atoms with Crippen LogP contribution in [-0.2, 0) is 11.2 Å². The summed E-state index contributed by atoms with van der Waals surface area (Å²) in [6, 6.07) is 4.23. The maximum Gasteiger partial charge on any atom is 0.162 e. The van der Waals surface area contributed by atoms with Gasteiger partial charge in [0.1, 0.15) is 0 Å². The van der Waals surface area contributed by atoms with E-state index in [1.807, 2.05) is 0 Å². The zero-order valence-corrected chi connectivity index (χ0v) is 8.52. The minimum atomic E-state index is -0.800. The van der Waals surface area contributed by atoms with Crippen LogP contribution in [0.2, 0.25) is 0 Å². The average Bonchev–Trinajstić information content (AvgIpc) is 2.18. The van der Waals surface area contributed by atoms with Crippen LogP contribution in [0.3, 0.4) is 0 Å². The van der Waals surface area contributed by atoms with E-state index < -0.39 is 11.6 Å². The standard InChI is InChI=1S/C11H13F2NO/c1-15-11(6-14-7-11)5-8-3-2-4-9(12)10(8)13/h2-4,14H,5-7H2,1H3. The van der Waals surface area contributed by atoms with Gasteiger partial charge in [-0.3, -0.25) is 0 Å². The summed E-state index contributed by atoms with van der Waals surface area (Å²) in [5, 5.41) is 3.07. The monoisotopic (exact) mass is 213 g/mol. The number of rotatable bonds is 3. The Morgan fingerprint density at radius 3 is 2.67 bits per heavy atom. The molecule has 15 heavy (non-hydrogen) atoms. The van der Waals surface area contributed by atoms with Gasteiger partial charge in [0.25, 0.3) is 0 Å². The van der Waals surface area contributed by atoms with E-state index in [1.165, 1.54) is 6.07 Å². The van der Waals surface area contributed by atoms with Crippen molar-refractivity contribution in [2.45, 2.75) is 12.0 Å². The lowest BCUT2D eigenvalue weighted by Crippen LogP contribution is -2.62. The molecule has 0 bridgehead atoms. The first-order chi connectivity index (χ1) is 7.17. The highest BCUT2D eigenvalue weighted by atomic mass is 19.2. The van der Waals surface area contributed by atoms with Gasteiger partial charge in [-0.15, -0.1) is 0 Å². The molecule has 4 heteroatoms. The van der Waals surface area contributed by atoms with E-state index in [9.17, 15) is 8.78 Å². The first kappa shape index (κ1) is 10.5. The van der Waals surface area contributed by atoms with Crippen molar-refractivity contribution in [1.29, 1.82) is 0 Å². The first-order valence-corrected chi connectivity index (χ1v) is 4.86. The topological polar surface area (TPSA) is 21.3 Å². The molecule has 0 aromatic heterocycles. The molecule has 0 saturated carbocycles. The van der Waals surface area contributed by atoms with E-state index >= 15 is 0 Å². The van der Waals surface area contributed by atoms with Gasteiger partial charge in [-0.25, -0.2) is 8.78 Å². The molecule has 1 fully saturated rings. The van der Waals surface area contributed by atoms with Crippen LogP contribution < -0.4 is 5.32 Å². The zero-order valence-electron chi connectivity index (χ0n) is 8.52. The fourth-order valence-electron chi connectivity index (χ4n) is 1.78. The zero-order chi connectivity index (χ0) is 10.9. The maximum absolute atomic E-state index is 13.4. The molecule has 0 radical (unpaired) electrons. The van der Waals surface area contributed by atoms with Crippen LogP contribution in [0.25, 0.3) is 0 Å². The van der Waals surface area contributed by atoms with Crippen molar-refractivity contribution in [3.8, 4) is 0 Å². The molecule has 82 valence electrons. The summed E-state index contributed by atoms with van der Waals surface area (Å²) in [5.74, 6) is -1.56. The molecule has 1 aromatic carbocycles. The van der Waals surface area contributed by atoms with Crippen LogP contribution in [0.15, 0.2) is 18.2 Å². The largest absolute Gasteiger partial charge is 0.375 e. The van der Waals surface area contributed by atoms with Crippen molar-refractivity contribution in [3.63, 3.8) is 0 Å². The van der Waals surface area contributed by atoms with Crippen LogP contribution in [0, 0.1) is 11.6 Å². The Bertz CT molecular complexity index is 358. The minimum absolute atomic E-state index is 0.366. The lowest BCUT2D eigenvalue weighted by molar-refractivity contribution is -0.0508. The van der Waals surface area contributed by atoms with Crippen molar-refractivity contribution in [3.05, 3.63) is 35.4 Å². The summed E-state index contributed by atoms with van der Waals surface area (Å²) in [6.45, 7) is 1.36. The number of hydrogen-bond donors (Lipinski definition) is 1. The number of benzene rings is 1. The highest BCUT2D eigenvalue weighted by Gasteiger charge is 2.37. The predicted molar refractivity (Wildman–Crippen MR) is 52.7 cm³/mol. The van der Waals surface area contributed by atoms with Gasteiger partial charge in [-0.05, 0) is 11.6 Å². The Morgan fingerprint density at radius 2 is 2.13 bits per heavy atom. The van der Waals surface area contributed by atoms with Gasteiger partial charge in [-0.1, -0.05) is 12.1 Å². The number of halogens is 2. The fraction of sp³-hybridized carbons (Fsp3) is 0.455. The molecule has 1 aliphatic heterocycles. The molecule has 1 N–H and O–H groups in total. The predicted octanol–water partition coefficient (Wildman–Crippen LogP) is 1.50. The summed E-state index contributed by atoms with van der Waals surface area (Å²) in [5.41, 5.74) is 0.00704. The number of ether oxygens (including phenoxy) is 1. The SMILES string of the molecule is COC1(Cc2cccc(F)c2F)CNC1. The smallest absolute Gasteiger partial charge is 0.162 e. The van der Waals surface area contributed by atoms with E-state index in [0.717, 1.165) is 6.07 Å². The number of nitrogens with one attached hydrogen (secondary N) is 1. The van der Waals surface area contributed by atoms with Gasteiger partial charge < -0.3 is 10.1 Å². The van der Waals surface area contributed by atoms with E-state index in [0.29, 0.717) is 25.1 Å². The molecule has 0 spiro atoms. The highest BCUT2D eigenvalue weighted by molar-refractivity contribution is 5.22. The van der Waals surface area contributed by atoms with Gasteiger partial charge in [0, 0.05) is 26.6 Å². The Morgan fingerprint density at radius 1 is 1.40 bits per heavy atom. The highest BCUT2D eigenvalue weighted by Crippen LogP contribution is 2.24. The molecule has 0 aliphatic carbocycles. The lowest BCUT2D eigenvalue weighted by Gasteiger charge is -2.41. The third-order valence-corrected chi connectivity index (χ3v) is 2.87. The molecule has 0 atom stereocenters. The molecule has 1 heterocycles. The normalized spacial score (nSPS) is 18.6. The van der Waals surface area contributed by atoms with Crippen LogP contribution in [-0.4, -0.2) is 25.8 Å². The van der Waals surface area contributed by atoms with Crippen LogP contribution >= 0.6 is 0 Å². The summed E-state index contributed by atoms with van der Waals surface area (Å²) in [6.07, 6.45) is 0.403. The quantitative estimate of drug-likeness (QED) is 0.821. The van der Waals surface area contributed by atoms with Crippen molar-refractivity contribution in [2.75, 3.05) is 20.2 Å². The van der Waals surface area contributed by atoms with Crippen LogP contribution in [0.4, 0.5) is 8.78 Å². The van der Waals surface area contributed by atoms with Gasteiger partial charge >= 0.3 is 0 Å². The molecule has 0 unspecified atom stereocenters. The van der Waals surface area contributed by atoms with Gasteiger partial charge in [0.05, 0.1) is 5.60 Å². The molecular formula is C11H13F2NO. The molecule has 1 aliphatic rings. The van der Waals surface area contributed by atoms with E-state index in [1.54, 1.807) is 13.2 Å². The van der Waals surface area contributed by atoms with Crippen molar-refractivity contribution >= 4 is 0 Å². The van der Waals surface area contributed by atoms with Crippen molar-refractivity contribution in [2.24, 2.45) is 0 Å². The molecule has 2 rings (SSSR count). The molecule has 1 aromatic rings. The summed E-state index contributed by atoms with van der Waals surface area (Å²) < 4.78 is 31.6. The van der Waals surface area contributed by atoms with Crippen molar-refractivity contribution in [1.82, 2.24) is 5.32 Å². The number of methoxy groups -OCH3 is 1. The second-order valence-corrected chi connectivity index (χ2v) is 3.88. The fourth-order valence-corrected chi connectivity index (χ4v) is 1.78. The van der Waals surface area contributed by atoms with Gasteiger partial charge in [-0.2, -0.15) is 0 Å². The van der Waals surface area contributed by atoms with E-state index in [-0.39, 0.29) is 5.60 Å². The number of hydrogen-bond acceptors (Lipinski definition) is 2. The summed E-state index contributed by atoms with van der Waals surface area (Å²) >= 11 is 0. The summed E-state index contributed by atoms with van der Waals surface area (Å²) in [7, 11) is 1.60. The third kappa shape index (κ3) is 1.87. The van der Waals surface area contributed by atoms with Gasteiger partial charge in [0.2, 0.25) is 0 Å². The average molecular weight is 213 g/mol. The van der Waals surface area contributed by atoms with Crippen LogP contribution in [0.1, 0.15) is 5.56 Å². The van der Waals surface area contributed by atoms with Gasteiger partial charge in [0.15, 0.2) is 11.6 Å². The van der Waals surface area contributed by atoms with E-state index in [4.69, 9.17) is 4.74 Å². The van der Waals surface area contributed by atoms with Crippen molar-refractivity contribution < 1.29 is 13.5 Å². The maximum atomic E-state index is 13.4.